The van der Waals surface area contributed by atoms with Crippen LogP contribution in [0.5, 0.6) is 0 Å². The van der Waals surface area contributed by atoms with Gasteiger partial charge >= 0.3 is 0 Å². The van der Waals surface area contributed by atoms with Crippen LogP contribution in [0.2, 0.25) is 0 Å². The molecular formula is C9H20N2O2. The summed E-state index contributed by atoms with van der Waals surface area (Å²) in [5, 5.41) is 11.3. The van der Waals surface area contributed by atoms with Crippen molar-refractivity contribution in [1.29, 1.82) is 0 Å². The van der Waals surface area contributed by atoms with Crippen molar-refractivity contribution in [3.05, 3.63) is 0 Å². The molecule has 0 aromatic carbocycles. The monoisotopic (exact) mass is 188 g/mol. The summed E-state index contributed by atoms with van der Waals surface area (Å²) in [4.78, 5) is 11.3. The zero-order chi connectivity index (χ0) is 10.4. The van der Waals surface area contributed by atoms with Crippen LogP contribution in [0.15, 0.2) is 0 Å². The molecule has 4 nitrogen and oxygen atoms in total. The van der Waals surface area contributed by atoms with Crippen molar-refractivity contribution in [3.8, 4) is 0 Å². The molecule has 1 amide bonds. The van der Waals surface area contributed by atoms with Crippen LogP contribution in [0, 0.1) is 5.92 Å². The minimum absolute atomic E-state index is 0.0554. The maximum Gasteiger partial charge on any atom is 0.237 e. The maximum absolute atomic E-state index is 11.3. The number of carbonyl (C=O) groups is 1. The Balaban J connectivity index is 3.82. The van der Waals surface area contributed by atoms with Gasteiger partial charge in [0.05, 0.1) is 12.6 Å². The molecule has 0 unspecified atom stereocenters. The first kappa shape index (κ1) is 12.4. The number of carbonyl (C=O) groups excluding carboxylic acids is 1. The standard InChI is InChI=1S/C9H20N2O2/c1-6(2)4-8(10)9(13)11-7(3)5-12/h6-8,12H,4-5,10H2,1-3H3,(H,11,13)/t7-,8-/m1/s1. The Morgan fingerprint density at radius 3 is 2.38 bits per heavy atom. The fraction of sp³-hybridized carbons (Fsp3) is 0.889. The third-order valence-corrected chi connectivity index (χ3v) is 1.72. The van der Waals surface area contributed by atoms with E-state index < -0.39 is 6.04 Å². The predicted octanol–water partition coefficient (Wildman–Crippen LogP) is -0.143. The van der Waals surface area contributed by atoms with Gasteiger partial charge in [-0.15, -0.1) is 0 Å². The van der Waals surface area contributed by atoms with Crippen LogP contribution in [0.25, 0.3) is 0 Å². The van der Waals surface area contributed by atoms with E-state index >= 15 is 0 Å². The second kappa shape index (κ2) is 5.94. The molecule has 4 heteroatoms. The molecule has 0 aromatic rings. The van der Waals surface area contributed by atoms with Crippen molar-refractivity contribution in [2.75, 3.05) is 6.61 Å². The molecule has 0 aliphatic rings. The van der Waals surface area contributed by atoms with Crippen molar-refractivity contribution >= 4 is 5.91 Å². The topological polar surface area (TPSA) is 75.4 Å². The number of aliphatic hydroxyl groups excluding tert-OH is 1. The van der Waals surface area contributed by atoms with Gasteiger partial charge in [-0.2, -0.15) is 0 Å². The van der Waals surface area contributed by atoms with E-state index in [-0.39, 0.29) is 18.6 Å². The van der Waals surface area contributed by atoms with Crippen LogP contribution < -0.4 is 11.1 Å². The molecule has 0 saturated carbocycles. The van der Waals surface area contributed by atoms with Gasteiger partial charge in [0, 0.05) is 6.04 Å². The summed E-state index contributed by atoms with van der Waals surface area (Å²) in [7, 11) is 0. The lowest BCUT2D eigenvalue weighted by atomic mass is 10.0. The summed E-state index contributed by atoms with van der Waals surface area (Å²) >= 11 is 0. The van der Waals surface area contributed by atoms with Crippen molar-refractivity contribution in [2.24, 2.45) is 11.7 Å². The largest absolute Gasteiger partial charge is 0.394 e. The van der Waals surface area contributed by atoms with Gasteiger partial charge in [0.2, 0.25) is 5.91 Å². The molecule has 0 bridgehead atoms. The van der Waals surface area contributed by atoms with Gasteiger partial charge in [0.1, 0.15) is 0 Å². The summed E-state index contributed by atoms with van der Waals surface area (Å²) in [6.45, 7) is 5.71. The summed E-state index contributed by atoms with van der Waals surface area (Å²) < 4.78 is 0. The van der Waals surface area contributed by atoms with E-state index in [0.717, 1.165) is 0 Å². The molecule has 0 rings (SSSR count). The Kier molecular flexibility index (Phi) is 5.66. The molecule has 0 aliphatic carbocycles. The molecule has 0 spiro atoms. The Morgan fingerprint density at radius 2 is 2.00 bits per heavy atom. The van der Waals surface area contributed by atoms with Crippen molar-refractivity contribution in [3.63, 3.8) is 0 Å². The van der Waals surface area contributed by atoms with Gasteiger partial charge in [0.15, 0.2) is 0 Å². The molecule has 0 fully saturated rings. The second-order valence-electron chi connectivity index (χ2n) is 3.83. The molecule has 0 aromatic heterocycles. The van der Waals surface area contributed by atoms with Gasteiger partial charge in [-0.3, -0.25) is 4.79 Å². The lowest BCUT2D eigenvalue weighted by molar-refractivity contribution is -0.123. The molecule has 13 heavy (non-hydrogen) atoms. The SMILES string of the molecule is CC(C)C[C@@H](N)C(=O)N[C@H](C)CO. The van der Waals surface area contributed by atoms with Crippen LogP contribution >= 0.6 is 0 Å². The van der Waals surface area contributed by atoms with Crippen molar-refractivity contribution in [1.82, 2.24) is 5.32 Å². The average Bonchev–Trinajstić information content (AvgIpc) is 2.02. The quantitative estimate of drug-likeness (QED) is 0.562. The van der Waals surface area contributed by atoms with E-state index in [1.165, 1.54) is 0 Å². The Hall–Kier alpha value is -0.610. The molecule has 4 N–H and O–H groups in total. The number of hydrogen-bond donors (Lipinski definition) is 3. The van der Waals surface area contributed by atoms with Gasteiger partial charge in [-0.25, -0.2) is 0 Å². The predicted molar refractivity (Wildman–Crippen MR) is 52.1 cm³/mol. The van der Waals surface area contributed by atoms with E-state index in [0.29, 0.717) is 12.3 Å². The third kappa shape index (κ3) is 5.60. The first-order chi connectivity index (χ1) is 5.97. The van der Waals surface area contributed by atoms with Crippen molar-refractivity contribution in [2.45, 2.75) is 39.3 Å². The number of nitrogens with one attached hydrogen (secondary N) is 1. The fourth-order valence-electron chi connectivity index (χ4n) is 1.01. The molecule has 0 radical (unpaired) electrons. The van der Waals surface area contributed by atoms with E-state index in [4.69, 9.17) is 10.8 Å². The number of aliphatic hydroxyl groups is 1. The van der Waals surface area contributed by atoms with E-state index in [1.54, 1.807) is 6.92 Å². The normalized spacial score (nSPS) is 15.5. The highest BCUT2D eigenvalue weighted by Gasteiger charge is 2.16. The van der Waals surface area contributed by atoms with Gasteiger partial charge < -0.3 is 16.2 Å². The van der Waals surface area contributed by atoms with Gasteiger partial charge in [-0.05, 0) is 19.3 Å². The summed E-state index contributed by atoms with van der Waals surface area (Å²) in [6, 6.07) is -0.681. The zero-order valence-corrected chi connectivity index (χ0v) is 8.58. The Labute approximate surface area is 79.5 Å². The highest BCUT2D eigenvalue weighted by Crippen LogP contribution is 2.02. The third-order valence-electron chi connectivity index (χ3n) is 1.72. The molecule has 0 aliphatic heterocycles. The summed E-state index contributed by atoms with van der Waals surface area (Å²) in [5.41, 5.74) is 5.63. The number of rotatable bonds is 5. The minimum atomic E-state index is -0.464. The number of hydrogen-bond acceptors (Lipinski definition) is 3. The zero-order valence-electron chi connectivity index (χ0n) is 8.58. The first-order valence-corrected chi connectivity index (χ1v) is 4.64. The van der Waals surface area contributed by atoms with E-state index in [2.05, 4.69) is 5.32 Å². The highest BCUT2D eigenvalue weighted by molar-refractivity contribution is 5.81. The molecule has 0 heterocycles. The first-order valence-electron chi connectivity index (χ1n) is 4.64. The van der Waals surface area contributed by atoms with Crippen LogP contribution in [0.1, 0.15) is 27.2 Å². The smallest absolute Gasteiger partial charge is 0.237 e. The second-order valence-corrected chi connectivity index (χ2v) is 3.83. The van der Waals surface area contributed by atoms with E-state index in [1.807, 2.05) is 13.8 Å². The van der Waals surface area contributed by atoms with Gasteiger partial charge in [-0.1, -0.05) is 13.8 Å². The van der Waals surface area contributed by atoms with Crippen LogP contribution in [0.3, 0.4) is 0 Å². The lowest BCUT2D eigenvalue weighted by Gasteiger charge is -2.16. The van der Waals surface area contributed by atoms with E-state index in [9.17, 15) is 4.79 Å². The molecular weight excluding hydrogens is 168 g/mol. The van der Waals surface area contributed by atoms with Crippen LogP contribution in [0.4, 0.5) is 0 Å². The summed E-state index contributed by atoms with van der Waals surface area (Å²) in [6.07, 6.45) is 0.671. The Bertz CT molecular complexity index is 160. The fourth-order valence-corrected chi connectivity index (χ4v) is 1.01. The van der Waals surface area contributed by atoms with Crippen LogP contribution in [-0.2, 0) is 4.79 Å². The molecule has 2 atom stereocenters. The van der Waals surface area contributed by atoms with Crippen molar-refractivity contribution < 1.29 is 9.90 Å². The Morgan fingerprint density at radius 1 is 1.46 bits per heavy atom. The molecule has 0 saturated heterocycles. The number of nitrogens with two attached hydrogens (primary N) is 1. The number of amides is 1. The van der Waals surface area contributed by atoms with Crippen LogP contribution in [-0.4, -0.2) is 29.7 Å². The highest BCUT2D eigenvalue weighted by atomic mass is 16.3. The summed E-state index contributed by atoms with van der Waals surface area (Å²) in [5.74, 6) is 0.223. The lowest BCUT2D eigenvalue weighted by Crippen LogP contribution is -2.46. The maximum atomic E-state index is 11.3. The minimum Gasteiger partial charge on any atom is -0.394 e. The van der Waals surface area contributed by atoms with Gasteiger partial charge in [0.25, 0.3) is 0 Å². The average molecular weight is 188 g/mol. The molecule has 78 valence electrons.